The Morgan fingerprint density at radius 3 is 2.63 bits per heavy atom. The minimum Gasteiger partial charge on any atom is -0.381 e. The van der Waals surface area contributed by atoms with Crippen molar-refractivity contribution in [3.05, 3.63) is 28.7 Å². The third-order valence-corrected chi connectivity index (χ3v) is 5.66. The number of hydrogen-bond acceptors (Lipinski definition) is 3. The second kappa shape index (κ2) is 6.35. The maximum Gasteiger partial charge on any atom is 0.242 e. The monoisotopic (exact) mass is 347 g/mol. The van der Waals surface area contributed by atoms with E-state index >= 15 is 0 Å². The lowest BCUT2D eigenvalue weighted by molar-refractivity contribution is 0.0495. The van der Waals surface area contributed by atoms with Crippen LogP contribution in [0.3, 0.4) is 0 Å². The first kappa shape index (κ1) is 15.0. The van der Waals surface area contributed by atoms with Crippen LogP contribution in [0.15, 0.2) is 33.6 Å². The van der Waals surface area contributed by atoms with Gasteiger partial charge in [0.25, 0.3) is 0 Å². The molecule has 0 saturated carbocycles. The average molecular weight is 348 g/mol. The molecule has 0 aromatic heterocycles. The lowest BCUT2D eigenvalue weighted by Gasteiger charge is -2.26. The Hall–Kier alpha value is -0.430. The van der Waals surface area contributed by atoms with Gasteiger partial charge in [0.05, 0.1) is 11.5 Å². The zero-order valence-electron chi connectivity index (χ0n) is 10.9. The highest BCUT2D eigenvalue weighted by Crippen LogP contribution is 2.21. The van der Waals surface area contributed by atoms with E-state index in [1.807, 2.05) is 0 Å². The molecule has 106 valence electrons. The van der Waals surface area contributed by atoms with Crippen molar-refractivity contribution in [2.45, 2.75) is 17.7 Å². The minimum absolute atomic E-state index is 0.295. The molecule has 0 N–H and O–H groups in total. The molecule has 2 rings (SSSR count). The molecule has 1 aromatic carbocycles. The molecule has 1 fully saturated rings. The molecule has 0 aliphatic carbocycles. The molecule has 1 heterocycles. The fourth-order valence-electron chi connectivity index (χ4n) is 2.20. The summed E-state index contributed by atoms with van der Waals surface area (Å²) >= 11 is 3.30. The highest BCUT2D eigenvalue weighted by atomic mass is 79.9. The van der Waals surface area contributed by atoms with Gasteiger partial charge in [0.2, 0.25) is 10.0 Å². The second-order valence-corrected chi connectivity index (χ2v) is 7.78. The summed E-state index contributed by atoms with van der Waals surface area (Å²) < 4.78 is 32.5. The largest absolute Gasteiger partial charge is 0.381 e. The van der Waals surface area contributed by atoms with E-state index in [-0.39, 0.29) is 0 Å². The molecule has 0 radical (unpaired) electrons. The Labute approximate surface area is 122 Å². The van der Waals surface area contributed by atoms with Gasteiger partial charge in [-0.1, -0.05) is 15.9 Å². The first-order valence-electron chi connectivity index (χ1n) is 6.30. The normalized spacial score (nSPS) is 20.7. The summed E-state index contributed by atoms with van der Waals surface area (Å²) in [7, 11) is -1.77. The third kappa shape index (κ3) is 3.78. The van der Waals surface area contributed by atoms with Crippen LogP contribution in [0.5, 0.6) is 0 Å². The van der Waals surface area contributed by atoms with Crippen molar-refractivity contribution in [2.75, 3.05) is 26.8 Å². The molecule has 0 bridgehead atoms. The molecule has 1 aliphatic rings. The Morgan fingerprint density at radius 1 is 1.37 bits per heavy atom. The van der Waals surface area contributed by atoms with E-state index < -0.39 is 10.0 Å². The SMILES string of the molecule is CN(C[C@@H]1CCCOC1)S(=O)(=O)c1ccc(Br)cc1. The maximum atomic E-state index is 12.4. The van der Waals surface area contributed by atoms with Crippen molar-refractivity contribution in [1.82, 2.24) is 4.31 Å². The first-order chi connectivity index (χ1) is 9.00. The van der Waals surface area contributed by atoms with Gasteiger partial charge in [0, 0.05) is 24.7 Å². The van der Waals surface area contributed by atoms with E-state index in [9.17, 15) is 8.42 Å². The van der Waals surface area contributed by atoms with Crippen molar-refractivity contribution in [2.24, 2.45) is 5.92 Å². The van der Waals surface area contributed by atoms with E-state index in [1.165, 1.54) is 4.31 Å². The smallest absolute Gasteiger partial charge is 0.242 e. The number of ether oxygens (including phenoxy) is 1. The summed E-state index contributed by atoms with van der Waals surface area (Å²) in [6.07, 6.45) is 2.04. The zero-order valence-corrected chi connectivity index (χ0v) is 13.3. The maximum absolute atomic E-state index is 12.4. The van der Waals surface area contributed by atoms with E-state index in [2.05, 4.69) is 15.9 Å². The van der Waals surface area contributed by atoms with Crippen LogP contribution in [0.1, 0.15) is 12.8 Å². The molecular weight excluding hydrogens is 330 g/mol. The van der Waals surface area contributed by atoms with Crippen molar-refractivity contribution >= 4 is 26.0 Å². The number of hydrogen-bond donors (Lipinski definition) is 0. The molecule has 1 atom stereocenters. The van der Waals surface area contributed by atoms with Crippen LogP contribution in [0, 0.1) is 5.92 Å². The highest BCUT2D eigenvalue weighted by molar-refractivity contribution is 9.10. The summed E-state index contributed by atoms with van der Waals surface area (Å²) in [5.74, 6) is 0.295. The summed E-state index contributed by atoms with van der Waals surface area (Å²) in [5.41, 5.74) is 0. The lowest BCUT2D eigenvalue weighted by atomic mass is 10.0. The van der Waals surface area contributed by atoms with Gasteiger partial charge in [-0.2, -0.15) is 0 Å². The second-order valence-electron chi connectivity index (χ2n) is 4.82. The molecule has 4 nitrogen and oxygen atoms in total. The summed E-state index contributed by atoms with van der Waals surface area (Å²) in [4.78, 5) is 0.329. The number of benzene rings is 1. The van der Waals surface area contributed by atoms with Crippen LogP contribution >= 0.6 is 15.9 Å². The van der Waals surface area contributed by atoms with Crippen LogP contribution in [-0.4, -0.2) is 39.5 Å². The van der Waals surface area contributed by atoms with Gasteiger partial charge >= 0.3 is 0 Å². The van der Waals surface area contributed by atoms with Crippen molar-refractivity contribution in [3.8, 4) is 0 Å². The molecule has 1 aromatic rings. The van der Waals surface area contributed by atoms with Gasteiger partial charge in [0.15, 0.2) is 0 Å². The molecular formula is C13H18BrNO3S. The summed E-state index contributed by atoms with van der Waals surface area (Å²) in [6.45, 7) is 1.96. The topological polar surface area (TPSA) is 46.6 Å². The fourth-order valence-corrected chi connectivity index (χ4v) is 3.71. The van der Waals surface area contributed by atoms with Crippen LogP contribution < -0.4 is 0 Å². The quantitative estimate of drug-likeness (QED) is 0.840. The Bertz CT molecular complexity index is 509. The minimum atomic E-state index is -3.40. The Balaban J connectivity index is 2.07. The molecule has 0 amide bonds. The Morgan fingerprint density at radius 2 is 2.05 bits per heavy atom. The van der Waals surface area contributed by atoms with Crippen LogP contribution in [0.4, 0.5) is 0 Å². The fraction of sp³-hybridized carbons (Fsp3) is 0.538. The van der Waals surface area contributed by atoms with Gasteiger partial charge in [-0.25, -0.2) is 12.7 Å². The predicted octanol–water partition coefficient (Wildman–Crippen LogP) is 2.50. The summed E-state index contributed by atoms with van der Waals surface area (Å²) in [5, 5.41) is 0. The van der Waals surface area contributed by atoms with Gasteiger partial charge in [-0.3, -0.25) is 0 Å². The van der Waals surface area contributed by atoms with Crippen LogP contribution in [0.2, 0.25) is 0 Å². The van der Waals surface area contributed by atoms with Gasteiger partial charge in [-0.05, 0) is 43.0 Å². The molecule has 19 heavy (non-hydrogen) atoms. The molecule has 0 spiro atoms. The number of sulfonamides is 1. The number of rotatable bonds is 4. The first-order valence-corrected chi connectivity index (χ1v) is 8.53. The van der Waals surface area contributed by atoms with E-state index in [1.54, 1.807) is 31.3 Å². The standard InChI is InChI=1S/C13H18BrNO3S/c1-15(9-11-3-2-8-18-10-11)19(16,17)13-6-4-12(14)5-7-13/h4-7,11H,2-3,8-10H2,1H3/t11-/m0/s1. The highest BCUT2D eigenvalue weighted by Gasteiger charge is 2.24. The van der Waals surface area contributed by atoms with Crippen molar-refractivity contribution < 1.29 is 13.2 Å². The van der Waals surface area contributed by atoms with Gasteiger partial charge in [0.1, 0.15) is 0 Å². The lowest BCUT2D eigenvalue weighted by Crippen LogP contribution is -2.35. The van der Waals surface area contributed by atoms with E-state index in [4.69, 9.17) is 4.74 Å². The third-order valence-electron chi connectivity index (χ3n) is 3.29. The van der Waals surface area contributed by atoms with Gasteiger partial charge < -0.3 is 4.74 Å². The van der Waals surface area contributed by atoms with Crippen molar-refractivity contribution in [1.29, 1.82) is 0 Å². The zero-order chi connectivity index (χ0) is 13.9. The number of halogens is 1. The molecule has 1 saturated heterocycles. The van der Waals surface area contributed by atoms with E-state index in [0.717, 1.165) is 23.9 Å². The summed E-state index contributed by atoms with van der Waals surface area (Å²) in [6, 6.07) is 6.72. The molecule has 1 aliphatic heterocycles. The number of nitrogens with zero attached hydrogens (tertiary/aromatic N) is 1. The molecule has 6 heteroatoms. The molecule has 0 unspecified atom stereocenters. The predicted molar refractivity (Wildman–Crippen MR) is 77.5 cm³/mol. The van der Waals surface area contributed by atoms with E-state index in [0.29, 0.717) is 24.0 Å². The van der Waals surface area contributed by atoms with Crippen LogP contribution in [0.25, 0.3) is 0 Å². The van der Waals surface area contributed by atoms with Crippen molar-refractivity contribution in [3.63, 3.8) is 0 Å². The van der Waals surface area contributed by atoms with Gasteiger partial charge in [-0.15, -0.1) is 0 Å². The Kier molecular flexibility index (Phi) is 5.00. The van der Waals surface area contributed by atoms with Crippen LogP contribution in [-0.2, 0) is 14.8 Å². The average Bonchev–Trinajstić information content (AvgIpc) is 2.40.